The highest BCUT2D eigenvalue weighted by atomic mass is 16.7. The molecule has 3 unspecified atom stereocenters. The van der Waals surface area contributed by atoms with Gasteiger partial charge < -0.3 is 9.47 Å². The average Bonchev–Trinajstić information content (AvgIpc) is 3.32. The quantitative estimate of drug-likeness (QED) is 0.608. The number of rotatable bonds is 1. The first-order valence-corrected chi connectivity index (χ1v) is 11.8. The maximum Gasteiger partial charge on any atom is 0.188 e. The Balaban J connectivity index is 1.50. The third-order valence-electron chi connectivity index (χ3n) is 8.86. The van der Waals surface area contributed by atoms with E-state index in [1.165, 1.54) is 16.7 Å². The smallest absolute Gasteiger partial charge is 0.188 e. The van der Waals surface area contributed by atoms with Gasteiger partial charge in [-0.1, -0.05) is 42.3 Å². The van der Waals surface area contributed by atoms with Crippen LogP contribution in [-0.4, -0.2) is 24.8 Å². The molecule has 1 aliphatic heterocycles. The number of hydrogen-bond donors (Lipinski definition) is 0. The molecule has 0 aromatic heterocycles. The standard InChI is InChI=1S/C27H32O3/c1-17-3-5-18(6-4-17)22-16-26(2)23(9-10-24(26)28)21-8-7-19-15-27(29-13-14-30-27)12-11-20(19)25(21)22/h3-6,15,21-23H,7-14,16H2,1-2H3/t21?,22?,23?,26-/m0/s1. The van der Waals surface area contributed by atoms with Crippen LogP contribution in [-0.2, 0) is 14.3 Å². The summed E-state index contributed by atoms with van der Waals surface area (Å²) in [6, 6.07) is 9.07. The second-order valence-electron chi connectivity index (χ2n) is 10.4. The Kier molecular flexibility index (Phi) is 4.21. The van der Waals surface area contributed by atoms with Crippen LogP contribution >= 0.6 is 0 Å². The monoisotopic (exact) mass is 404 g/mol. The Labute approximate surface area is 179 Å². The summed E-state index contributed by atoms with van der Waals surface area (Å²) in [5.41, 5.74) is 7.22. The second-order valence-corrected chi connectivity index (χ2v) is 10.4. The summed E-state index contributed by atoms with van der Waals surface area (Å²) in [6.45, 7) is 5.83. The topological polar surface area (TPSA) is 35.5 Å². The minimum absolute atomic E-state index is 0.154. The van der Waals surface area contributed by atoms with Gasteiger partial charge in [-0.3, -0.25) is 4.79 Å². The Morgan fingerprint density at radius 2 is 1.77 bits per heavy atom. The van der Waals surface area contributed by atoms with Crippen molar-refractivity contribution in [3.8, 4) is 0 Å². The van der Waals surface area contributed by atoms with E-state index in [0.29, 0.717) is 36.8 Å². The summed E-state index contributed by atoms with van der Waals surface area (Å²) in [7, 11) is 0. The lowest BCUT2D eigenvalue weighted by molar-refractivity contribution is -0.128. The normalized spacial score (nSPS) is 37.1. The number of Topliss-reactive ketones (excluding diaryl/α,β-unsaturated/α-hetero) is 1. The molecule has 1 heterocycles. The van der Waals surface area contributed by atoms with Crippen LogP contribution in [0.15, 0.2) is 47.1 Å². The summed E-state index contributed by atoms with van der Waals surface area (Å²) < 4.78 is 12.0. The van der Waals surface area contributed by atoms with Gasteiger partial charge in [0, 0.05) is 24.2 Å². The molecule has 158 valence electrons. The number of aryl methyl sites for hydroxylation is 1. The number of ketones is 1. The van der Waals surface area contributed by atoms with Gasteiger partial charge in [-0.25, -0.2) is 0 Å². The molecule has 30 heavy (non-hydrogen) atoms. The van der Waals surface area contributed by atoms with E-state index in [2.05, 4.69) is 44.2 Å². The van der Waals surface area contributed by atoms with E-state index >= 15 is 0 Å². The molecular weight excluding hydrogens is 372 g/mol. The van der Waals surface area contributed by atoms with Crippen molar-refractivity contribution in [3.63, 3.8) is 0 Å². The summed E-state index contributed by atoms with van der Waals surface area (Å²) in [6.07, 6.45) is 9.35. The van der Waals surface area contributed by atoms with Gasteiger partial charge in [0.05, 0.1) is 13.2 Å². The van der Waals surface area contributed by atoms with Crippen molar-refractivity contribution in [2.45, 2.75) is 70.5 Å². The number of ether oxygens (including phenoxy) is 2. The molecule has 6 rings (SSSR count). The molecule has 3 heteroatoms. The first-order valence-electron chi connectivity index (χ1n) is 11.8. The molecular formula is C27H32O3. The van der Waals surface area contributed by atoms with Crippen molar-refractivity contribution < 1.29 is 14.3 Å². The molecule has 0 amide bonds. The van der Waals surface area contributed by atoms with E-state index in [-0.39, 0.29) is 5.41 Å². The summed E-state index contributed by atoms with van der Waals surface area (Å²) in [4.78, 5) is 13.0. The van der Waals surface area contributed by atoms with Crippen LogP contribution in [0.25, 0.3) is 0 Å². The van der Waals surface area contributed by atoms with E-state index in [9.17, 15) is 4.79 Å². The Hall–Kier alpha value is -1.71. The van der Waals surface area contributed by atoms with Gasteiger partial charge in [-0.05, 0) is 73.6 Å². The van der Waals surface area contributed by atoms with E-state index in [4.69, 9.17) is 9.47 Å². The third-order valence-corrected chi connectivity index (χ3v) is 8.86. The molecule has 0 radical (unpaired) electrons. The predicted octanol–water partition coefficient (Wildman–Crippen LogP) is 5.64. The molecule has 1 spiro atoms. The summed E-state index contributed by atoms with van der Waals surface area (Å²) in [5, 5.41) is 0. The lowest BCUT2D eigenvalue weighted by atomic mass is 9.53. The highest BCUT2D eigenvalue weighted by molar-refractivity contribution is 5.87. The van der Waals surface area contributed by atoms with E-state index in [1.807, 2.05) is 0 Å². The molecule has 3 nitrogen and oxygen atoms in total. The van der Waals surface area contributed by atoms with Crippen molar-refractivity contribution >= 4 is 5.78 Å². The van der Waals surface area contributed by atoms with Gasteiger partial charge in [0.25, 0.3) is 0 Å². The number of carbonyl (C=O) groups excluding carboxylic acids is 1. The van der Waals surface area contributed by atoms with Crippen LogP contribution in [0.4, 0.5) is 0 Å². The first-order chi connectivity index (χ1) is 14.5. The summed E-state index contributed by atoms with van der Waals surface area (Å²) in [5.74, 6) is 1.46. The molecule has 1 aromatic rings. The van der Waals surface area contributed by atoms with Gasteiger partial charge in [-0.15, -0.1) is 0 Å². The lowest BCUT2D eigenvalue weighted by Gasteiger charge is -2.50. The minimum atomic E-state index is -0.474. The molecule has 4 atom stereocenters. The number of fused-ring (bicyclic) bond motifs is 4. The number of carbonyl (C=O) groups is 1. The fraction of sp³-hybridized carbons (Fsp3) is 0.593. The maximum atomic E-state index is 13.0. The number of hydrogen-bond acceptors (Lipinski definition) is 3. The Bertz CT molecular complexity index is 947. The lowest BCUT2D eigenvalue weighted by Crippen LogP contribution is -2.44. The van der Waals surface area contributed by atoms with Crippen LogP contribution < -0.4 is 0 Å². The fourth-order valence-corrected chi connectivity index (χ4v) is 7.35. The zero-order chi connectivity index (χ0) is 20.5. The fourth-order valence-electron chi connectivity index (χ4n) is 7.35. The van der Waals surface area contributed by atoms with Crippen LogP contribution in [0.5, 0.6) is 0 Å². The van der Waals surface area contributed by atoms with Crippen molar-refractivity contribution in [3.05, 3.63) is 58.2 Å². The average molecular weight is 405 g/mol. The molecule has 1 saturated heterocycles. The SMILES string of the molecule is Cc1ccc(C2C[C@]3(C)C(=O)CCC3C3CCC4=CC5(CCC4=C23)OCCO5)cc1. The maximum absolute atomic E-state index is 13.0. The van der Waals surface area contributed by atoms with Crippen molar-refractivity contribution in [2.75, 3.05) is 13.2 Å². The highest BCUT2D eigenvalue weighted by Crippen LogP contribution is 2.63. The van der Waals surface area contributed by atoms with Crippen molar-refractivity contribution in [1.29, 1.82) is 0 Å². The van der Waals surface area contributed by atoms with Crippen molar-refractivity contribution in [1.82, 2.24) is 0 Å². The molecule has 4 aliphatic carbocycles. The minimum Gasteiger partial charge on any atom is -0.344 e. The second kappa shape index (κ2) is 6.64. The summed E-state index contributed by atoms with van der Waals surface area (Å²) >= 11 is 0. The molecule has 1 aromatic carbocycles. The van der Waals surface area contributed by atoms with Gasteiger partial charge >= 0.3 is 0 Å². The van der Waals surface area contributed by atoms with Crippen LogP contribution in [0.1, 0.15) is 68.9 Å². The highest BCUT2D eigenvalue weighted by Gasteiger charge is 2.56. The van der Waals surface area contributed by atoms with Gasteiger partial charge in [0.15, 0.2) is 5.79 Å². The molecule has 5 aliphatic rings. The van der Waals surface area contributed by atoms with Gasteiger partial charge in [0.2, 0.25) is 0 Å². The van der Waals surface area contributed by atoms with Crippen molar-refractivity contribution in [2.24, 2.45) is 17.3 Å². The number of benzene rings is 1. The molecule has 3 fully saturated rings. The largest absolute Gasteiger partial charge is 0.344 e. The van der Waals surface area contributed by atoms with Crippen LogP contribution in [0, 0.1) is 24.2 Å². The van der Waals surface area contributed by atoms with E-state index < -0.39 is 5.79 Å². The zero-order valence-corrected chi connectivity index (χ0v) is 18.2. The van der Waals surface area contributed by atoms with Crippen LogP contribution in [0.2, 0.25) is 0 Å². The van der Waals surface area contributed by atoms with Gasteiger partial charge in [-0.2, -0.15) is 0 Å². The molecule has 2 saturated carbocycles. The molecule has 0 bridgehead atoms. The number of allylic oxidation sites excluding steroid dienone is 3. The molecule has 0 N–H and O–H groups in total. The van der Waals surface area contributed by atoms with E-state index in [0.717, 1.165) is 44.9 Å². The third kappa shape index (κ3) is 2.67. The van der Waals surface area contributed by atoms with Crippen LogP contribution in [0.3, 0.4) is 0 Å². The Morgan fingerprint density at radius 1 is 1.00 bits per heavy atom. The Morgan fingerprint density at radius 3 is 2.53 bits per heavy atom. The van der Waals surface area contributed by atoms with Gasteiger partial charge in [0.1, 0.15) is 5.78 Å². The zero-order valence-electron chi connectivity index (χ0n) is 18.2. The van der Waals surface area contributed by atoms with E-state index in [1.54, 1.807) is 11.1 Å². The first kappa shape index (κ1) is 19.0. The predicted molar refractivity (Wildman–Crippen MR) is 116 cm³/mol.